The molecule has 114 valence electrons. The van der Waals surface area contributed by atoms with Crippen molar-refractivity contribution in [2.75, 3.05) is 25.0 Å². The summed E-state index contributed by atoms with van der Waals surface area (Å²) >= 11 is 0. The molecule has 6 nitrogen and oxygen atoms in total. The molecule has 0 aromatic heterocycles. The SMILES string of the molecule is CCOc1ccc(NC(=O)N2CCC(C(=O)O)C2)cc1F. The molecule has 2 N–H and O–H groups in total. The minimum atomic E-state index is -0.905. The fourth-order valence-electron chi connectivity index (χ4n) is 2.20. The third-order valence-corrected chi connectivity index (χ3v) is 3.31. The van der Waals surface area contributed by atoms with Gasteiger partial charge in [0, 0.05) is 24.8 Å². The highest BCUT2D eigenvalue weighted by Gasteiger charge is 2.30. The van der Waals surface area contributed by atoms with E-state index in [0.29, 0.717) is 25.3 Å². The number of aliphatic carboxylic acids is 1. The molecule has 0 spiro atoms. The van der Waals surface area contributed by atoms with Gasteiger partial charge >= 0.3 is 12.0 Å². The highest BCUT2D eigenvalue weighted by atomic mass is 19.1. The molecule has 1 saturated heterocycles. The standard InChI is InChI=1S/C14H17FN2O4/c1-2-21-12-4-3-10(7-11(12)15)16-14(20)17-6-5-9(8-17)13(18)19/h3-4,7,9H,2,5-6,8H2,1H3,(H,16,20)(H,18,19). The van der Waals surface area contributed by atoms with Gasteiger partial charge < -0.3 is 20.1 Å². The highest BCUT2D eigenvalue weighted by molar-refractivity contribution is 5.90. The van der Waals surface area contributed by atoms with E-state index in [2.05, 4.69) is 5.32 Å². The first kappa shape index (κ1) is 15.1. The molecule has 1 unspecified atom stereocenters. The van der Waals surface area contributed by atoms with Crippen LogP contribution in [0.5, 0.6) is 5.75 Å². The number of halogens is 1. The second-order valence-corrected chi connectivity index (χ2v) is 4.78. The smallest absolute Gasteiger partial charge is 0.321 e. The molecular formula is C14H17FN2O4. The van der Waals surface area contributed by atoms with Crippen LogP contribution in [0, 0.1) is 11.7 Å². The molecule has 1 fully saturated rings. The maximum absolute atomic E-state index is 13.7. The van der Waals surface area contributed by atoms with E-state index in [9.17, 15) is 14.0 Å². The number of nitrogens with zero attached hydrogens (tertiary/aromatic N) is 1. The normalized spacial score (nSPS) is 17.6. The number of carboxylic acids is 1. The molecule has 1 atom stereocenters. The number of amides is 2. The van der Waals surface area contributed by atoms with Crippen LogP contribution in [-0.4, -0.2) is 41.7 Å². The number of carboxylic acid groups (broad SMARTS) is 1. The number of carbonyl (C=O) groups is 2. The summed E-state index contributed by atoms with van der Waals surface area (Å²) in [6, 6.07) is 3.73. The van der Waals surface area contributed by atoms with Gasteiger partial charge in [0.1, 0.15) is 0 Å². The average Bonchev–Trinajstić information content (AvgIpc) is 2.92. The molecule has 0 radical (unpaired) electrons. The number of urea groups is 1. The number of ether oxygens (including phenoxy) is 1. The summed E-state index contributed by atoms with van der Waals surface area (Å²) in [6.45, 7) is 2.65. The first-order chi connectivity index (χ1) is 10.0. The number of carbonyl (C=O) groups excluding carboxylic acids is 1. The second kappa shape index (κ2) is 6.43. The van der Waals surface area contributed by atoms with Gasteiger partial charge in [-0.3, -0.25) is 4.79 Å². The number of rotatable bonds is 4. The maximum atomic E-state index is 13.7. The Kier molecular flexibility index (Phi) is 4.62. The first-order valence-corrected chi connectivity index (χ1v) is 6.72. The van der Waals surface area contributed by atoms with Crippen molar-refractivity contribution < 1.29 is 23.8 Å². The number of likely N-dealkylation sites (tertiary alicyclic amines) is 1. The van der Waals surface area contributed by atoms with Crippen LogP contribution in [0.15, 0.2) is 18.2 Å². The quantitative estimate of drug-likeness (QED) is 0.892. The van der Waals surface area contributed by atoms with Crippen molar-refractivity contribution in [3.05, 3.63) is 24.0 Å². The number of hydrogen-bond donors (Lipinski definition) is 2. The van der Waals surface area contributed by atoms with Crippen molar-refractivity contribution in [1.29, 1.82) is 0 Å². The zero-order valence-corrected chi connectivity index (χ0v) is 11.6. The fraction of sp³-hybridized carbons (Fsp3) is 0.429. The minimum absolute atomic E-state index is 0.127. The van der Waals surface area contributed by atoms with Crippen molar-refractivity contribution in [2.24, 2.45) is 5.92 Å². The van der Waals surface area contributed by atoms with Gasteiger partial charge in [0.25, 0.3) is 0 Å². The molecule has 1 aromatic carbocycles. The van der Waals surface area contributed by atoms with Gasteiger partial charge in [-0.15, -0.1) is 0 Å². The molecule has 1 aromatic rings. The summed E-state index contributed by atoms with van der Waals surface area (Å²) in [5.41, 5.74) is 0.305. The van der Waals surface area contributed by atoms with Crippen molar-refractivity contribution >= 4 is 17.7 Å². The number of nitrogens with one attached hydrogen (secondary N) is 1. The lowest BCUT2D eigenvalue weighted by molar-refractivity contribution is -0.141. The van der Waals surface area contributed by atoms with Gasteiger partial charge in [0.05, 0.1) is 12.5 Å². The van der Waals surface area contributed by atoms with Crippen LogP contribution >= 0.6 is 0 Å². The monoisotopic (exact) mass is 296 g/mol. The Morgan fingerprint density at radius 3 is 2.86 bits per heavy atom. The number of hydrogen-bond acceptors (Lipinski definition) is 3. The molecular weight excluding hydrogens is 279 g/mol. The molecule has 1 aliphatic heterocycles. The molecule has 7 heteroatoms. The van der Waals surface area contributed by atoms with E-state index in [1.54, 1.807) is 6.92 Å². The second-order valence-electron chi connectivity index (χ2n) is 4.78. The van der Waals surface area contributed by atoms with Crippen molar-refractivity contribution in [2.45, 2.75) is 13.3 Å². The van der Waals surface area contributed by atoms with E-state index < -0.39 is 23.7 Å². The Hall–Kier alpha value is -2.31. The van der Waals surface area contributed by atoms with Gasteiger partial charge in [0.15, 0.2) is 11.6 Å². The summed E-state index contributed by atoms with van der Waals surface area (Å²) in [7, 11) is 0. The van der Waals surface area contributed by atoms with Gasteiger partial charge in [-0.25, -0.2) is 9.18 Å². The Labute approximate surface area is 121 Å². The van der Waals surface area contributed by atoms with Gasteiger partial charge in [-0.05, 0) is 25.5 Å². The summed E-state index contributed by atoms with van der Waals surface area (Å²) < 4.78 is 18.7. The number of anilines is 1. The molecule has 0 bridgehead atoms. The predicted octanol–water partition coefficient (Wildman–Crippen LogP) is 2.16. The average molecular weight is 296 g/mol. The van der Waals surface area contributed by atoms with Crippen molar-refractivity contribution in [3.8, 4) is 5.75 Å². The third-order valence-electron chi connectivity index (χ3n) is 3.31. The Morgan fingerprint density at radius 2 is 2.29 bits per heavy atom. The topological polar surface area (TPSA) is 78.9 Å². The minimum Gasteiger partial charge on any atom is -0.491 e. The molecule has 2 amide bonds. The van der Waals surface area contributed by atoms with Crippen LogP contribution in [0.4, 0.5) is 14.9 Å². The highest BCUT2D eigenvalue weighted by Crippen LogP contribution is 2.22. The Morgan fingerprint density at radius 1 is 1.52 bits per heavy atom. The number of benzene rings is 1. The molecule has 0 aliphatic carbocycles. The van der Waals surface area contributed by atoms with Gasteiger partial charge in [0.2, 0.25) is 0 Å². The van der Waals surface area contributed by atoms with Crippen LogP contribution in [0.3, 0.4) is 0 Å². The summed E-state index contributed by atoms with van der Waals surface area (Å²) in [6.07, 6.45) is 0.431. The van der Waals surface area contributed by atoms with Crippen molar-refractivity contribution in [3.63, 3.8) is 0 Å². The van der Waals surface area contributed by atoms with E-state index in [4.69, 9.17) is 9.84 Å². The molecule has 1 aliphatic rings. The molecule has 21 heavy (non-hydrogen) atoms. The van der Waals surface area contributed by atoms with Crippen LogP contribution in [0.2, 0.25) is 0 Å². The summed E-state index contributed by atoms with van der Waals surface area (Å²) in [5.74, 6) is -1.87. The van der Waals surface area contributed by atoms with Crippen molar-refractivity contribution in [1.82, 2.24) is 4.90 Å². The zero-order valence-electron chi connectivity index (χ0n) is 11.6. The molecule has 0 saturated carbocycles. The van der Waals surface area contributed by atoms with E-state index in [0.717, 1.165) is 0 Å². The summed E-state index contributed by atoms with van der Waals surface area (Å²) in [4.78, 5) is 24.2. The van der Waals surface area contributed by atoms with Crippen LogP contribution in [-0.2, 0) is 4.79 Å². The van der Waals surface area contributed by atoms with Crippen LogP contribution in [0.25, 0.3) is 0 Å². The van der Waals surface area contributed by atoms with E-state index in [1.165, 1.54) is 23.1 Å². The zero-order chi connectivity index (χ0) is 15.4. The largest absolute Gasteiger partial charge is 0.491 e. The maximum Gasteiger partial charge on any atom is 0.321 e. The van der Waals surface area contributed by atoms with E-state index >= 15 is 0 Å². The van der Waals surface area contributed by atoms with Gasteiger partial charge in [-0.2, -0.15) is 0 Å². The first-order valence-electron chi connectivity index (χ1n) is 6.72. The van der Waals surface area contributed by atoms with Crippen LogP contribution < -0.4 is 10.1 Å². The lowest BCUT2D eigenvalue weighted by Gasteiger charge is -2.17. The van der Waals surface area contributed by atoms with Crippen LogP contribution in [0.1, 0.15) is 13.3 Å². The summed E-state index contributed by atoms with van der Waals surface area (Å²) in [5, 5.41) is 11.5. The Balaban J connectivity index is 1.97. The third kappa shape index (κ3) is 3.62. The predicted molar refractivity (Wildman–Crippen MR) is 73.9 cm³/mol. The lowest BCUT2D eigenvalue weighted by atomic mass is 10.1. The van der Waals surface area contributed by atoms with E-state index in [-0.39, 0.29) is 12.3 Å². The molecule has 1 heterocycles. The fourth-order valence-corrected chi connectivity index (χ4v) is 2.20. The van der Waals surface area contributed by atoms with E-state index in [1.807, 2.05) is 0 Å². The van der Waals surface area contributed by atoms with Gasteiger partial charge in [-0.1, -0.05) is 0 Å². The molecule has 2 rings (SSSR count). The Bertz CT molecular complexity index is 550. The lowest BCUT2D eigenvalue weighted by Crippen LogP contribution is -2.33.